The zero-order chi connectivity index (χ0) is 10.1. The van der Waals surface area contributed by atoms with Crippen LogP contribution in [0.1, 0.15) is 10.4 Å². The third-order valence-corrected chi connectivity index (χ3v) is 2.71. The number of nitrogens with one attached hydrogen (secondary N) is 1. The van der Waals surface area contributed by atoms with Gasteiger partial charge >= 0.3 is 5.97 Å². The second-order valence-electron chi connectivity index (χ2n) is 2.34. The lowest BCUT2D eigenvalue weighted by Gasteiger charge is -2.00. The molecule has 0 aliphatic heterocycles. The van der Waals surface area contributed by atoms with Crippen molar-refractivity contribution < 1.29 is 18.3 Å². The number of thiophene rings is 1. The molecule has 0 spiro atoms. The van der Waals surface area contributed by atoms with Gasteiger partial charge in [0.1, 0.15) is 5.00 Å². The van der Waals surface area contributed by atoms with Crippen molar-refractivity contribution in [2.24, 2.45) is 0 Å². The summed E-state index contributed by atoms with van der Waals surface area (Å²) in [5.74, 6) is -1.15. The monoisotopic (exact) mass is 221 g/mol. The lowest BCUT2D eigenvalue weighted by Crippen LogP contribution is -2.11. The van der Waals surface area contributed by atoms with Crippen LogP contribution in [0.3, 0.4) is 0 Å². The van der Waals surface area contributed by atoms with Crippen molar-refractivity contribution >= 4 is 32.3 Å². The molecule has 13 heavy (non-hydrogen) atoms. The number of hydrogen-bond donors (Lipinski definition) is 2. The topological polar surface area (TPSA) is 83.5 Å². The molecule has 72 valence electrons. The fourth-order valence-corrected chi connectivity index (χ4v) is 2.44. The van der Waals surface area contributed by atoms with E-state index in [-0.39, 0.29) is 10.6 Å². The minimum atomic E-state index is -3.41. The molecule has 0 aliphatic rings. The van der Waals surface area contributed by atoms with Crippen LogP contribution in [0.5, 0.6) is 0 Å². The van der Waals surface area contributed by atoms with E-state index >= 15 is 0 Å². The molecule has 0 unspecified atom stereocenters. The quantitative estimate of drug-likeness (QED) is 0.791. The second kappa shape index (κ2) is 3.35. The van der Waals surface area contributed by atoms with Gasteiger partial charge in [0.2, 0.25) is 10.0 Å². The minimum Gasteiger partial charge on any atom is -0.478 e. The maximum Gasteiger partial charge on any atom is 0.338 e. The average Bonchev–Trinajstić information content (AvgIpc) is 2.31. The lowest BCUT2D eigenvalue weighted by molar-refractivity contribution is 0.0698. The Balaban J connectivity index is 3.02. The molecule has 1 aromatic heterocycles. The second-order valence-corrected chi connectivity index (χ2v) is 5.01. The van der Waals surface area contributed by atoms with Crippen LogP contribution < -0.4 is 4.72 Å². The standard InChI is InChI=1S/C6H7NO4S2/c1-13(10,11)7-5-4(6(8)9)2-3-12-5/h2-3,7H,1H3,(H,8,9). The zero-order valence-electron chi connectivity index (χ0n) is 6.64. The van der Waals surface area contributed by atoms with E-state index in [2.05, 4.69) is 4.72 Å². The van der Waals surface area contributed by atoms with Crippen LogP contribution in [-0.2, 0) is 10.0 Å². The molecule has 1 rings (SSSR count). The van der Waals surface area contributed by atoms with Crippen LogP contribution in [0, 0.1) is 0 Å². The molecule has 5 nitrogen and oxygen atoms in total. The summed E-state index contributed by atoms with van der Waals surface area (Å²) in [6.07, 6.45) is 0.971. The molecular formula is C6H7NO4S2. The van der Waals surface area contributed by atoms with Gasteiger partial charge in [0.15, 0.2) is 0 Å². The minimum absolute atomic E-state index is 0.0320. The predicted octanol–water partition coefficient (Wildman–Crippen LogP) is 0.818. The molecule has 1 heterocycles. The molecule has 2 N–H and O–H groups in total. The summed E-state index contributed by atoms with van der Waals surface area (Å²) in [5, 5.41) is 10.3. The number of rotatable bonds is 3. The van der Waals surface area contributed by atoms with Crippen LogP contribution in [0.2, 0.25) is 0 Å². The van der Waals surface area contributed by atoms with Gasteiger partial charge in [-0.15, -0.1) is 11.3 Å². The zero-order valence-corrected chi connectivity index (χ0v) is 8.28. The predicted molar refractivity (Wildman–Crippen MR) is 49.7 cm³/mol. The van der Waals surface area contributed by atoms with Crippen LogP contribution >= 0.6 is 11.3 Å². The van der Waals surface area contributed by atoms with Gasteiger partial charge in [-0.1, -0.05) is 0 Å². The first-order valence-corrected chi connectivity index (χ1v) is 5.96. The van der Waals surface area contributed by atoms with E-state index in [1.807, 2.05) is 0 Å². The van der Waals surface area contributed by atoms with Crippen molar-refractivity contribution in [2.45, 2.75) is 0 Å². The smallest absolute Gasteiger partial charge is 0.338 e. The van der Waals surface area contributed by atoms with Gasteiger partial charge in [-0.2, -0.15) is 0 Å². The van der Waals surface area contributed by atoms with Crippen molar-refractivity contribution in [3.63, 3.8) is 0 Å². The Labute approximate surface area is 79.1 Å². The van der Waals surface area contributed by atoms with Gasteiger partial charge in [0.25, 0.3) is 0 Å². The van der Waals surface area contributed by atoms with Gasteiger partial charge in [-0.05, 0) is 11.4 Å². The van der Waals surface area contributed by atoms with E-state index < -0.39 is 16.0 Å². The van der Waals surface area contributed by atoms with Gasteiger partial charge in [0, 0.05) is 0 Å². The van der Waals surface area contributed by atoms with E-state index in [4.69, 9.17) is 5.11 Å². The van der Waals surface area contributed by atoms with Gasteiger partial charge in [-0.25, -0.2) is 13.2 Å². The molecule has 0 aromatic carbocycles. The largest absolute Gasteiger partial charge is 0.478 e. The van der Waals surface area contributed by atoms with Crippen LogP contribution in [0.25, 0.3) is 0 Å². The van der Waals surface area contributed by atoms with E-state index in [1.54, 1.807) is 0 Å². The van der Waals surface area contributed by atoms with Gasteiger partial charge in [-0.3, -0.25) is 4.72 Å². The molecule has 0 saturated carbocycles. The number of anilines is 1. The number of aromatic carboxylic acids is 1. The molecule has 0 amide bonds. The molecule has 0 saturated heterocycles. The molecular weight excluding hydrogens is 214 g/mol. The molecule has 0 fully saturated rings. The molecule has 0 atom stereocenters. The van der Waals surface area contributed by atoms with E-state index in [1.165, 1.54) is 11.4 Å². The van der Waals surface area contributed by atoms with Crippen LogP contribution in [0.4, 0.5) is 5.00 Å². The first-order chi connectivity index (χ1) is 5.90. The maximum absolute atomic E-state index is 10.8. The number of carboxylic acid groups (broad SMARTS) is 1. The highest BCUT2D eigenvalue weighted by Crippen LogP contribution is 2.23. The third-order valence-electron chi connectivity index (χ3n) is 1.17. The van der Waals surface area contributed by atoms with Crippen LogP contribution in [0.15, 0.2) is 11.4 Å². The van der Waals surface area contributed by atoms with E-state index in [0.717, 1.165) is 17.6 Å². The van der Waals surface area contributed by atoms with Crippen molar-refractivity contribution in [3.05, 3.63) is 17.0 Å². The Bertz CT molecular complexity index is 420. The summed E-state index contributed by atoms with van der Waals surface area (Å²) in [4.78, 5) is 10.5. The molecule has 0 bridgehead atoms. The van der Waals surface area contributed by atoms with Gasteiger partial charge < -0.3 is 5.11 Å². The SMILES string of the molecule is CS(=O)(=O)Nc1sccc1C(=O)O. The Kier molecular flexibility index (Phi) is 2.58. The first kappa shape index (κ1) is 10.0. The first-order valence-electron chi connectivity index (χ1n) is 3.19. The van der Waals surface area contributed by atoms with Crippen LogP contribution in [-0.4, -0.2) is 25.7 Å². The fourth-order valence-electron chi connectivity index (χ4n) is 0.725. The molecule has 0 aliphatic carbocycles. The summed E-state index contributed by atoms with van der Waals surface area (Å²) >= 11 is 1.03. The molecule has 7 heteroatoms. The summed E-state index contributed by atoms with van der Waals surface area (Å²) in [6.45, 7) is 0. The van der Waals surface area contributed by atoms with E-state index in [0.29, 0.717) is 0 Å². The highest BCUT2D eigenvalue weighted by molar-refractivity contribution is 7.92. The Morgan fingerprint density at radius 3 is 2.69 bits per heavy atom. The third kappa shape index (κ3) is 2.71. The Hall–Kier alpha value is -1.08. The van der Waals surface area contributed by atoms with E-state index in [9.17, 15) is 13.2 Å². The molecule has 1 aromatic rings. The number of carboxylic acids is 1. The van der Waals surface area contributed by atoms with Crippen molar-refractivity contribution in [3.8, 4) is 0 Å². The summed E-state index contributed by atoms with van der Waals surface area (Å²) < 4.78 is 23.7. The fraction of sp³-hybridized carbons (Fsp3) is 0.167. The number of hydrogen-bond acceptors (Lipinski definition) is 4. The summed E-state index contributed by atoms with van der Waals surface area (Å²) in [5.41, 5.74) is -0.0320. The Morgan fingerprint density at radius 1 is 1.62 bits per heavy atom. The number of sulfonamides is 1. The highest BCUT2D eigenvalue weighted by atomic mass is 32.2. The summed E-state index contributed by atoms with van der Waals surface area (Å²) in [6, 6.07) is 1.35. The van der Waals surface area contributed by atoms with Crippen molar-refractivity contribution in [1.29, 1.82) is 0 Å². The maximum atomic E-state index is 10.8. The van der Waals surface area contributed by atoms with Gasteiger partial charge in [0.05, 0.1) is 11.8 Å². The highest BCUT2D eigenvalue weighted by Gasteiger charge is 2.13. The van der Waals surface area contributed by atoms with Crippen molar-refractivity contribution in [2.75, 3.05) is 11.0 Å². The number of carbonyl (C=O) groups is 1. The summed E-state index contributed by atoms with van der Waals surface area (Å²) in [7, 11) is -3.41. The lowest BCUT2D eigenvalue weighted by atomic mass is 10.3. The average molecular weight is 221 g/mol. The normalized spacial score (nSPS) is 11.2. The Morgan fingerprint density at radius 2 is 2.23 bits per heavy atom. The van der Waals surface area contributed by atoms with Crippen molar-refractivity contribution in [1.82, 2.24) is 0 Å². The molecule has 0 radical (unpaired) electrons.